The van der Waals surface area contributed by atoms with Crippen LogP contribution in [0.5, 0.6) is 0 Å². The van der Waals surface area contributed by atoms with Crippen LogP contribution in [0.15, 0.2) is 24.3 Å². The monoisotopic (exact) mass is 206 g/mol. The van der Waals surface area contributed by atoms with E-state index in [1.54, 1.807) is 18.2 Å². The van der Waals surface area contributed by atoms with Crippen LogP contribution in [0, 0.1) is 5.41 Å². The van der Waals surface area contributed by atoms with Crippen molar-refractivity contribution in [2.24, 2.45) is 0 Å². The second-order valence-corrected chi connectivity index (χ2v) is 3.52. The Hall–Kier alpha value is -1.84. The normalized spacial score (nSPS) is 10.1. The molecule has 1 aromatic rings. The number of carboxylic acids is 1. The second kappa shape index (κ2) is 4.59. The first-order valence-corrected chi connectivity index (χ1v) is 4.70. The third kappa shape index (κ3) is 2.80. The molecule has 0 aliphatic carbocycles. The lowest BCUT2D eigenvalue weighted by atomic mass is 10.1. The summed E-state index contributed by atoms with van der Waals surface area (Å²) in [5.74, 6) is -1.21. The van der Waals surface area contributed by atoms with Gasteiger partial charge < -0.3 is 10.4 Å². The number of nitrogens with one attached hydrogen (secondary N) is 2. The minimum atomic E-state index is -1.21. The van der Waals surface area contributed by atoms with E-state index >= 15 is 0 Å². The van der Waals surface area contributed by atoms with Crippen molar-refractivity contribution in [3.63, 3.8) is 0 Å². The molecule has 0 bridgehead atoms. The zero-order chi connectivity index (χ0) is 11.4. The lowest BCUT2D eigenvalue weighted by Gasteiger charge is -2.13. The average Bonchev–Trinajstić information content (AvgIpc) is 2.16. The molecule has 0 amide bonds. The molecule has 3 N–H and O–H groups in total. The first-order valence-electron chi connectivity index (χ1n) is 4.70. The number of para-hydroxylation sites is 1. The molecule has 1 aromatic carbocycles. The van der Waals surface area contributed by atoms with Gasteiger partial charge in [0.1, 0.15) is 5.71 Å². The van der Waals surface area contributed by atoms with Gasteiger partial charge in [0.05, 0.1) is 0 Å². The van der Waals surface area contributed by atoms with E-state index < -0.39 is 11.7 Å². The Kier molecular flexibility index (Phi) is 3.44. The van der Waals surface area contributed by atoms with Crippen LogP contribution < -0.4 is 5.32 Å². The number of benzene rings is 1. The van der Waals surface area contributed by atoms with Crippen LogP contribution >= 0.6 is 0 Å². The summed E-state index contributed by atoms with van der Waals surface area (Å²) in [6.45, 7) is 3.92. The third-order valence-corrected chi connectivity index (χ3v) is 1.85. The molecule has 80 valence electrons. The largest absolute Gasteiger partial charge is 0.477 e. The van der Waals surface area contributed by atoms with Crippen LogP contribution in [0.2, 0.25) is 0 Å². The summed E-state index contributed by atoms with van der Waals surface area (Å²) in [4.78, 5) is 10.7. The predicted molar refractivity (Wildman–Crippen MR) is 59.7 cm³/mol. The van der Waals surface area contributed by atoms with Gasteiger partial charge in [0.2, 0.25) is 0 Å². The van der Waals surface area contributed by atoms with Crippen LogP contribution in [0.25, 0.3) is 0 Å². The molecule has 0 atom stereocenters. The van der Waals surface area contributed by atoms with Crippen LogP contribution in [-0.2, 0) is 4.79 Å². The lowest BCUT2D eigenvalue weighted by Crippen LogP contribution is -2.18. The van der Waals surface area contributed by atoms with Crippen molar-refractivity contribution in [1.29, 1.82) is 5.41 Å². The molecule has 0 aliphatic rings. The van der Waals surface area contributed by atoms with Crippen LogP contribution in [0.1, 0.15) is 19.4 Å². The van der Waals surface area contributed by atoms with Crippen molar-refractivity contribution in [3.8, 4) is 0 Å². The number of carboxylic acid groups (broad SMARTS) is 1. The number of hydrogen-bond acceptors (Lipinski definition) is 3. The van der Waals surface area contributed by atoms with E-state index in [2.05, 4.69) is 5.32 Å². The second-order valence-electron chi connectivity index (χ2n) is 3.52. The van der Waals surface area contributed by atoms with Gasteiger partial charge in [-0.15, -0.1) is 0 Å². The van der Waals surface area contributed by atoms with Crippen LogP contribution in [-0.4, -0.2) is 22.8 Å². The number of anilines is 1. The SMILES string of the molecule is CC(C)Nc1ccccc1C(=N)C(=O)O. The van der Waals surface area contributed by atoms with E-state index in [4.69, 9.17) is 10.5 Å². The fourth-order valence-electron chi connectivity index (χ4n) is 1.25. The molecule has 1 rings (SSSR count). The number of aliphatic carboxylic acids is 1. The van der Waals surface area contributed by atoms with Crippen molar-refractivity contribution < 1.29 is 9.90 Å². The lowest BCUT2D eigenvalue weighted by molar-refractivity contribution is -0.129. The minimum Gasteiger partial charge on any atom is -0.477 e. The Balaban J connectivity index is 3.06. The Bertz CT molecular complexity index is 386. The van der Waals surface area contributed by atoms with Gasteiger partial charge in [-0.05, 0) is 19.9 Å². The zero-order valence-electron chi connectivity index (χ0n) is 8.74. The van der Waals surface area contributed by atoms with Crippen molar-refractivity contribution in [2.75, 3.05) is 5.32 Å². The highest BCUT2D eigenvalue weighted by atomic mass is 16.4. The van der Waals surface area contributed by atoms with Crippen molar-refractivity contribution in [1.82, 2.24) is 0 Å². The molecule has 0 aliphatic heterocycles. The summed E-state index contributed by atoms with van der Waals surface area (Å²) in [6.07, 6.45) is 0. The third-order valence-electron chi connectivity index (χ3n) is 1.85. The van der Waals surface area contributed by atoms with Gasteiger partial charge in [-0.3, -0.25) is 5.41 Å². The average molecular weight is 206 g/mol. The highest BCUT2D eigenvalue weighted by Gasteiger charge is 2.13. The predicted octanol–water partition coefficient (Wildman–Crippen LogP) is 1.96. The van der Waals surface area contributed by atoms with Crippen molar-refractivity contribution in [2.45, 2.75) is 19.9 Å². The standard InChI is InChI=1S/C11H14N2O2/c1-7(2)13-9-6-4-3-5-8(9)10(12)11(14)15/h3-7,12-13H,1-2H3,(H,14,15). The highest BCUT2D eigenvalue weighted by Crippen LogP contribution is 2.16. The fraction of sp³-hybridized carbons (Fsp3) is 0.273. The molecule has 0 saturated heterocycles. The van der Waals surface area contributed by atoms with Crippen molar-refractivity contribution >= 4 is 17.4 Å². The topological polar surface area (TPSA) is 73.2 Å². The van der Waals surface area contributed by atoms with Crippen LogP contribution in [0.3, 0.4) is 0 Å². The van der Waals surface area contributed by atoms with Gasteiger partial charge >= 0.3 is 5.97 Å². The van der Waals surface area contributed by atoms with E-state index in [1.165, 1.54) is 0 Å². The molecular formula is C11H14N2O2. The maximum absolute atomic E-state index is 10.7. The molecule has 0 aromatic heterocycles. The highest BCUT2D eigenvalue weighted by molar-refractivity contribution is 6.42. The van der Waals surface area contributed by atoms with Gasteiger partial charge in [0, 0.05) is 17.3 Å². The molecule has 15 heavy (non-hydrogen) atoms. The van der Waals surface area contributed by atoms with E-state index in [-0.39, 0.29) is 6.04 Å². The summed E-state index contributed by atoms with van der Waals surface area (Å²) < 4.78 is 0. The summed E-state index contributed by atoms with van der Waals surface area (Å²) in [5.41, 5.74) is 0.706. The summed E-state index contributed by atoms with van der Waals surface area (Å²) in [6, 6.07) is 7.13. The first-order chi connectivity index (χ1) is 7.02. The van der Waals surface area contributed by atoms with Crippen molar-refractivity contribution in [3.05, 3.63) is 29.8 Å². The Morgan fingerprint density at radius 2 is 2.00 bits per heavy atom. The molecule has 0 unspecified atom stereocenters. The molecular weight excluding hydrogens is 192 g/mol. The smallest absolute Gasteiger partial charge is 0.354 e. The maximum Gasteiger partial charge on any atom is 0.354 e. The molecule has 0 radical (unpaired) electrons. The van der Waals surface area contributed by atoms with E-state index in [9.17, 15) is 4.79 Å². The number of hydrogen-bond donors (Lipinski definition) is 3. The maximum atomic E-state index is 10.7. The summed E-state index contributed by atoms with van der Waals surface area (Å²) in [5, 5.41) is 19.3. The Morgan fingerprint density at radius 1 is 1.40 bits per heavy atom. The molecule has 4 nitrogen and oxygen atoms in total. The molecule has 0 saturated carbocycles. The molecule has 0 spiro atoms. The molecule has 4 heteroatoms. The summed E-state index contributed by atoms with van der Waals surface area (Å²) in [7, 11) is 0. The van der Waals surface area contributed by atoms with Gasteiger partial charge in [-0.25, -0.2) is 4.79 Å². The Labute approximate surface area is 88.4 Å². The number of rotatable bonds is 4. The summed E-state index contributed by atoms with van der Waals surface area (Å²) >= 11 is 0. The van der Waals surface area contributed by atoms with Gasteiger partial charge in [0.25, 0.3) is 0 Å². The van der Waals surface area contributed by atoms with E-state index in [1.807, 2.05) is 19.9 Å². The van der Waals surface area contributed by atoms with Gasteiger partial charge in [-0.1, -0.05) is 18.2 Å². The first kappa shape index (κ1) is 11.2. The number of carbonyl (C=O) groups is 1. The van der Waals surface area contributed by atoms with E-state index in [0.717, 1.165) is 0 Å². The van der Waals surface area contributed by atoms with E-state index in [0.29, 0.717) is 11.3 Å². The fourth-order valence-corrected chi connectivity index (χ4v) is 1.25. The van der Waals surface area contributed by atoms with Gasteiger partial charge in [0.15, 0.2) is 0 Å². The Morgan fingerprint density at radius 3 is 2.53 bits per heavy atom. The molecule has 0 heterocycles. The van der Waals surface area contributed by atoms with Gasteiger partial charge in [-0.2, -0.15) is 0 Å². The quantitative estimate of drug-likeness (QED) is 0.659. The molecule has 0 fully saturated rings. The minimum absolute atomic E-state index is 0.202. The zero-order valence-corrected chi connectivity index (χ0v) is 8.74. The van der Waals surface area contributed by atoms with Crippen LogP contribution in [0.4, 0.5) is 5.69 Å².